The molecule has 0 radical (unpaired) electrons. The number of phenolic OH excluding ortho intramolecular Hbond substituents is 2. The average molecular weight is 605 g/mol. The molecule has 9 heteroatoms. The number of methoxy groups -OCH3 is 1. The number of ketones is 2. The molecule has 0 heterocycles. The minimum atomic E-state index is -1.12. The van der Waals surface area contributed by atoms with Crippen LogP contribution in [0.1, 0.15) is 59.5 Å². The Morgan fingerprint density at radius 3 is 1.79 bits per heavy atom. The Morgan fingerprint density at radius 1 is 0.721 bits per heavy atom. The van der Waals surface area contributed by atoms with E-state index in [0.29, 0.717) is 27.6 Å². The van der Waals surface area contributed by atoms with Gasteiger partial charge in [-0.3, -0.25) is 9.59 Å². The van der Waals surface area contributed by atoms with Crippen LogP contribution in [0.15, 0.2) is 91.0 Å². The molecule has 0 bridgehead atoms. The smallest absolute Gasteiger partial charge is 0.350 e. The molecule has 224 valence electrons. The first-order chi connectivity index (χ1) is 20.3. The second-order valence-corrected chi connectivity index (χ2v) is 10.6. The first kappa shape index (κ1) is 32.7. The van der Waals surface area contributed by atoms with E-state index < -0.39 is 17.4 Å². The van der Waals surface area contributed by atoms with Gasteiger partial charge in [0.1, 0.15) is 23.0 Å². The van der Waals surface area contributed by atoms with Crippen molar-refractivity contribution in [1.82, 2.24) is 0 Å². The first-order valence-corrected chi connectivity index (χ1v) is 13.7. The fraction of sp³-hybridized carbons (Fsp3) is 0.206. The second-order valence-electron chi connectivity index (χ2n) is 10.2. The summed E-state index contributed by atoms with van der Waals surface area (Å²) in [6.07, 6.45) is -0.213. The lowest BCUT2D eigenvalue weighted by Crippen LogP contribution is -2.40. The monoisotopic (exact) mass is 604 g/mol. The molecule has 2 N–H and O–H groups in total. The summed E-state index contributed by atoms with van der Waals surface area (Å²) in [6.45, 7) is 6.85. The maximum Gasteiger partial charge on any atom is 0.350 e. The predicted octanol–water partition coefficient (Wildman–Crippen LogP) is 7.02. The van der Waals surface area contributed by atoms with Crippen LogP contribution in [-0.4, -0.2) is 46.6 Å². The number of para-hydroxylation sites is 1. The standard InChI is InChI=1S/C20H21ClO4.C14H12O4/c1-13(2)24-19(23)20(3,4)25-17-11-7-15(8-12-17)18(22)14-5-9-16(21)10-6-14;1-18-9-6-7-11(13(16)8-9)14(17)10-4-2-3-5-12(10)15/h5-13H,1-4H3;2-8,15-16H,1H3. The Balaban J connectivity index is 0.000000248. The van der Waals surface area contributed by atoms with Crippen molar-refractivity contribution in [2.75, 3.05) is 7.11 Å². The number of esters is 1. The maximum atomic E-state index is 12.4. The highest BCUT2D eigenvalue weighted by Crippen LogP contribution is 2.28. The zero-order valence-electron chi connectivity index (χ0n) is 24.5. The second kappa shape index (κ2) is 14.4. The largest absolute Gasteiger partial charge is 0.507 e. The van der Waals surface area contributed by atoms with Gasteiger partial charge in [-0.15, -0.1) is 0 Å². The lowest BCUT2D eigenvalue weighted by atomic mass is 10.0. The molecular formula is C34H33ClO8. The molecule has 0 unspecified atom stereocenters. The summed E-state index contributed by atoms with van der Waals surface area (Å²) in [6, 6.07) is 23.9. The van der Waals surface area contributed by atoms with E-state index in [4.69, 9.17) is 25.8 Å². The highest BCUT2D eigenvalue weighted by Gasteiger charge is 2.32. The van der Waals surface area contributed by atoms with Crippen molar-refractivity contribution in [2.45, 2.75) is 39.4 Å². The predicted molar refractivity (Wildman–Crippen MR) is 163 cm³/mol. The van der Waals surface area contributed by atoms with E-state index in [1.165, 1.54) is 31.4 Å². The summed E-state index contributed by atoms with van der Waals surface area (Å²) >= 11 is 5.84. The molecule has 4 rings (SSSR count). The molecule has 0 amide bonds. The normalized spacial score (nSPS) is 10.8. The summed E-state index contributed by atoms with van der Waals surface area (Å²) in [4.78, 5) is 36.6. The third-order valence-corrected chi connectivity index (χ3v) is 6.28. The summed E-state index contributed by atoms with van der Waals surface area (Å²) in [5.74, 6) is -0.334. The molecule has 43 heavy (non-hydrogen) atoms. The van der Waals surface area contributed by atoms with Gasteiger partial charge in [0.25, 0.3) is 0 Å². The van der Waals surface area contributed by atoms with Gasteiger partial charge < -0.3 is 24.4 Å². The zero-order valence-corrected chi connectivity index (χ0v) is 25.2. The number of carbonyl (C=O) groups excluding carboxylic acids is 3. The molecule has 0 atom stereocenters. The van der Waals surface area contributed by atoms with Gasteiger partial charge in [0.2, 0.25) is 0 Å². The number of hydrogen-bond donors (Lipinski definition) is 2. The van der Waals surface area contributed by atoms with Gasteiger partial charge in [0.05, 0.1) is 24.3 Å². The lowest BCUT2D eigenvalue weighted by Gasteiger charge is -2.25. The highest BCUT2D eigenvalue weighted by molar-refractivity contribution is 6.30. The Morgan fingerprint density at radius 2 is 1.26 bits per heavy atom. The van der Waals surface area contributed by atoms with Gasteiger partial charge in [0.15, 0.2) is 17.2 Å². The topological polar surface area (TPSA) is 119 Å². The van der Waals surface area contributed by atoms with Crippen LogP contribution < -0.4 is 9.47 Å². The van der Waals surface area contributed by atoms with Crippen molar-refractivity contribution >= 4 is 29.1 Å². The van der Waals surface area contributed by atoms with Gasteiger partial charge >= 0.3 is 5.97 Å². The number of phenols is 2. The molecular weight excluding hydrogens is 572 g/mol. The molecule has 0 aliphatic heterocycles. The summed E-state index contributed by atoms with van der Waals surface area (Å²) in [7, 11) is 1.47. The van der Waals surface area contributed by atoms with Crippen molar-refractivity contribution in [3.8, 4) is 23.0 Å². The summed E-state index contributed by atoms with van der Waals surface area (Å²) in [5.41, 5.74) is 0.234. The third kappa shape index (κ3) is 8.83. The maximum absolute atomic E-state index is 12.4. The van der Waals surface area contributed by atoms with E-state index in [-0.39, 0.29) is 34.5 Å². The molecule has 0 spiro atoms. The van der Waals surface area contributed by atoms with E-state index in [1.54, 1.807) is 94.4 Å². The van der Waals surface area contributed by atoms with Gasteiger partial charge in [-0.05, 0) is 100 Å². The summed E-state index contributed by atoms with van der Waals surface area (Å²) in [5, 5.41) is 19.9. The van der Waals surface area contributed by atoms with Crippen LogP contribution in [0.4, 0.5) is 0 Å². The number of benzene rings is 4. The minimum absolute atomic E-state index is 0.110. The first-order valence-electron chi connectivity index (χ1n) is 13.3. The van der Waals surface area contributed by atoms with Gasteiger partial charge in [-0.2, -0.15) is 0 Å². The number of rotatable bonds is 9. The fourth-order valence-electron chi connectivity index (χ4n) is 3.78. The Bertz CT molecular complexity index is 1580. The molecule has 0 saturated heterocycles. The molecule has 8 nitrogen and oxygen atoms in total. The Kier molecular flexibility index (Phi) is 10.9. The van der Waals surface area contributed by atoms with E-state index in [2.05, 4.69) is 0 Å². The molecule has 4 aromatic carbocycles. The lowest BCUT2D eigenvalue weighted by molar-refractivity contribution is -0.163. The molecule has 4 aromatic rings. The Hall–Kier alpha value is -4.82. The number of aromatic hydroxyl groups is 2. The quantitative estimate of drug-likeness (QED) is 0.155. The van der Waals surface area contributed by atoms with Gasteiger partial charge in [-0.1, -0.05) is 23.7 Å². The fourth-order valence-corrected chi connectivity index (χ4v) is 3.90. The van der Waals surface area contributed by atoms with Crippen molar-refractivity contribution < 1.29 is 38.8 Å². The minimum Gasteiger partial charge on any atom is -0.507 e. The number of hydrogen-bond acceptors (Lipinski definition) is 8. The number of carbonyl (C=O) groups is 3. The number of halogens is 1. The molecule has 0 aliphatic carbocycles. The van der Waals surface area contributed by atoms with Crippen molar-refractivity contribution in [2.24, 2.45) is 0 Å². The average Bonchev–Trinajstić information content (AvgIpc) is 2.97. The van der Waals surface area contributed by atoms with Crippen LogP contribution in [0.2, 0.25) is 5.02 Å². The number of ether oxygens (including phenoxy) is 3. The van der Waals surface area contributed by atoms with Crippen molar-refractivity contribution in [1.29, 1.82) is 0 Å². The van der Waals surface area contributed by atoms with Crippen LogP contribution in [0, 0.1) is 0 Å². The zero-order chi connectivity index (χ0) is 31.7. The highest BCUT2D eigenvalue weighted by atomic mass is 35.5. The van der Waals surface area contributed by atoms with Crippen LogP contribution in [0.25, 0.3) is 0 Å². The van der Waals surface area contributed by atoms with E-state index in [9.17, 15) is 24.6 Å². The van der Waals surface area contributed by atoms with Crippen LogP contribution in [0.5, 0.6) is 23.0 Å². The molecule has 0 saturated carbocycles. The Labute approximate surface area is 255 Å². The van der Waals surface area contributed by atoms with Crippen molar-refractivity contribution in [3.05, 3.63) is 118 Å². The van der Waals surface area contributed by atoms with E-state index in [1.807, 2.05) is 0 Å². The van der Waals surface area contributed by atoms with Crippen molar-refractivity contribution in [3.63, 3.8) is 0 Å². The third-order valence-electron chi connectivity index (χ3n) is 6.03. The van der Waals surface area contributed by atoms with E-state index in [0.717, 1.165) is 0 Å². The van der Waals surface area contributed by atoms with Gasteiger partial charge in [-0.25, -0.2) is 4.79 Å². The van der Waals surface area contributed by atoms with Crippen LogP contribution in [0.3, 0.4) is 0 Å². The summed E-state index contributed by atoms with van der Waals surface area (Å²) < 4.78 is 15.8. The van der Waals surface area contributed by atoms with Crippen LogP contribution in [-0.2, 0) is 9.53 Å². The van der Waals surface area contributed by atoms with Gasteiger partial charge in [0, 0.05) is 22.2 Å². The van der Waals surface area contributed by atoms with E-state index >= 15 is 0 Å². The molecule has 0 aliphatic rings. The molecule has 0 aromatic heterocycles. The van der Waals surface area contributed by atoms with Crippen LogP contribution >= 0.6 is 11.6 Å². The SMILES string of the molecule is CC(C)OC(=O)C(C)(C)Oc1ccc(C(=O)c2ccc(Cl)cc2)cc1.COc1ccc(C(=O)c2ccccc2O)c(O)c1. The molecule has 0 fully saturated rings.